The highest BCUT2D eigenvalue weighted by atomic mass is 16.7. The van der Waals surface area contributed by atoms with Crippen LogP contribution < -0.4 is 19.5 Å². The van der Waals surface area contributed by atoms with Gasteiger partial charge in [-0.1, -0.05) is 18.2 Å². The number of hydrogen-bond acceptors (Lipinski definition) is 4. The van der Waals surface area contributed by atoms with Gasteiger partial charge in [0.05, 0.1) is 0 Å². The molecule has 1 N–H and O–H groups in total. The Balaban J connectivity index is 1.61. The number of carbonyl (C=O) groups is 1. The molecule has 0 fully saturated rings. The summed E-state index contributed by atoms with van der Waals surface area (Å²) in [6.45, 7) is 4.07. The van der Waals surface area contributed by atoms with E-state index in [9.17, 15) is 4.79 Å². The van der Waals surface area contributed by atoms with E-state index in [4.69, 9.17) is 14.2 Å². The zero-order valence-electron chi connectivity index (χ0n) is 12.5. The third-order valence-corrected chi connectivity index (χ3v) is 3.46. The first-order chi connectivity index (χ1) is 10.6. The molecule has 22 heavy (non-hydrogen) atoms. The van der Waals surface area contributed by atoms with Gasteiger partial charge in [0.2, 0.25) is 6.79 Å². The number of hydrogen-bond donors (Lipinski definition) is 1. The minimum Gasteiger partial charge on any atom is -0.484 e. The lowest BCUT2D eigenvalue weighted by Gasteiger charge is -2.12. The molecule has 0 saturated heterocycles. The third kappa shape index (κ3) is 2.98. The topological polar surface area (TPSA) is 56.8 Å². The van der Waals surface area contributed by atoms with Crippen LogP contribution >= 0.6 is 0 Å². The van der Waals surface area contributed by atoms with E-state index in [2.05, 4.69) is 5.32 Å². The molecule has 0 unspecified atom stereocenters. The minimum absolute atomic E-state index is 0.0621. The van der Waals surface area contributed by atoms with Crippen LogP contribution in [0.3, 0.4) is 0 Å². The summed E-state index contributed by atoms with van der Waals surface area (Å²) in [5.74, 6) is 1.69. The number of benzene rings is 2. The first-order valence-electron chi connectivity index (χ1n) is 7.02. The molecular formula is C17H17NO4. The minimum atomic E-state index is -0.199. The van der Waals surface area contributed by atoms with E-state index in [1.807, 2.05) is 32.0 Å². The summed E-state index contributed by atoms with van der Waals surface area (Å²) in [6.07, 6.45) is 0. The molecule has 1 aliphatic rings. The van der Waals surface area contributed by atoms with Crippen molar-refractivity contribution in [3.63, 3.8) is 0 Å². The van der Waals surface area contributed by atoms with Crippen molar-refractivity contribution in [3.8, 4) is 17.2 Å². The number of rotatable bonds is 4. The second-order valence-corrected chi connectivity index (χ2v) is 5.12. The number of fused-ring (bicyclic) bond motifs is 1. The van der Waals surface area contributed by atoms with Crippen molar-refractivity contribution in [2.24, 2.45) is 0 Å². The number of para-hydroxylation sites is 1. The predicted molar refractivity (Wildman–Crippen MR) is 82.6 cm³/mol. The van der Waals surface area contributed by atoms with Crippen LogP contribution in [0, 0.1) is 13.8 Å². The highest BCUT2D eigenvalue weighted by Gasteiger charge is 2.14. The van der Waals surface area contributed by atoms with Gasteiger partial charge < -0.3 is 19.5 Å². The highest BCUT2D eigenvalue weighted by molar-refractivity contribution is 5.93. The van der Waals surface area contributed by atoms with Crippen molar-refractivity contribution in [1.29, 1.82) is 0 Å². The lowest BCUT2D eigenvalue weighted by atomic mass is 10.1. The Kier molecular flexibility index (Phi) is 3.87. The number of ether oxygens (including phenoxy) is 3. The highest BCUT2D eigenvalue weighted by Crippen LogP contribution is 2.35. The molecule has 114 valence electrons. The summed E-state index contributed by atoms with van der Waals surface area (Å²) >= 11 is 0. The maximum atomic E-state index is 12.0. The second-order valence-electron chi connectivity index (χ2n) is 5.12. The van der Waals surface area contributed by atoms with Gasteiger partial charge in [0.25, 0.3) is 5.91 Å². The quantitative estimate of drug-likeness (QED) is 0.942. The van der Waals surface area contributed by atoms with Crippen molar-refractivity contribution in [3.05, 3.63) is 47.5 Å². The van der Waals surface area contributed by atoms with Crippen LogP contribution in [0.5, 0.6) is 17.2 Å². The Hall–Kier alpha value is -2.69. The molecule has 5 heteroatoms. The van der Waals surface area contributed by atoms with E-state index >= 15 is 0 Å². The molecule has 2 aromatic carbocycles. The van der Waals surface area contributed by atoms with Crippen LogP contribution in [0.4, 0.5) is 5.69 Å². The van der Waals surface area contributed by atoms with Gasteiger partial charge in [0.1, 0.15) is 5.75 Å². The molecule has 3 rings (SSSR count). The molecule has 2 aromatic rings. The average molecular weight is 299 g/mol. The van der Waals surface area contributed by atoms with Gasteiger partial charge in [-0.15, -0.1) is 0 Å². The van der Waals surface area contributed by atoms with Crippen molar-refractivity contribution in [2.75, 3.05) is 18.7 Å². The Morgan fingerprint density at radius 2 is 1.86 bits per heavy atom. The first-order valence-corrected chi connectivity index (χ1v) is 7.02. The second kappa shape index (κ2) is 5.97. The van der Waals surface area contributed by atoms with E-state index in [0.29, 0.717) is 17.2 Å². The monoisotopic (exact) mass is 299 g/mol. The van der Waals surface area contributed by atoms with Crippen LogP contribution in [0.2, 0.25) is 0 Å². The van der Waals surface area contributed by atoms with Gasteiger partial charge in [-0.05, 0) is 37.1 Å². The first kappa shape index (κ1) is 14.3. The Morgan fingerprint density at radius 3 is 2.64 bits per heavy atom. The van der Waals surface area contributed by atoms with Crippen molar-refractivity contribution in [2.45, 2.75) is 13.8 Å². The summed E-state index contributed by atoms with van der Waals surface area (Å²) in [5.41, 5.74) is 2.88. The Morgan fingerprint density at radius 1 is 1.14 bits per heavy atom. The maximum absolute atomic E-state index is 12.0. The molecule has 1 aliphatic heterocycles. The van der Waals surface area contributed by atoms with Crippen LogP contribution in [-0.4, -0.2) is 19.3 Å². The SMILES string of the molecule is Cc1cccc(C)c1NC(=O)COc1ccc2c(c1)OCO2. The predicted octanol–water partition coefficient (Wildman–Crippen LogP) is 3.05. The van der Waals surface area contributed by atoms with Crippen molar-refractivity contribution < 1.29 is 19.0 Å². The maximum Gasteiger partial charge on any atom is 0.262 e. The fourth-order valence-electron chi connectivity index (χ4n) is 2.30. The molecular weight excluding hydrogens is 282 g/mol. The lowest BCUT2D eigenvalue weighted by Crippen LogP contribution is -2.21. The largest absolute Gasteiger partial charge is 0.484 e. The zero-order chi connectivity index (χ0) is 15.5. The third-order valence-electron chi connectivity index (χ3n) is 3.46. The molecule has 0 radical (unpaired) electrons. The van der Waals surface area contributed by atoms with Gasteiger partial charge in [-0.3, -0.25) is 4.79 Å². The van der Waals surface area contributed by atoms with Crippen LogP contribution in [0.15, 0.2) is 36.4 Å². The number of aryl methyl sites for hydroxylation is 2. The Bertz CT molecular complexity index is 692. The number of amides is 1. The molecule has 0 bridgehead atoms. The standard InChI is InChI=1S/C17H17NO4/c1-11-4-3-5-12(2)17(11)18-16(19)9-20-13-6-7-14-15(8-13)22-10-21-14/h3-8H,9-10H2,1-2H3,(H,18,19). The number of nitrogens with one attached hydrogen (secondary N) is 1. The van der Waals surface area contributed by atoms with Gasteiger partial charge >= 0.3 is 0 Å². The molecule has 0 spiro atoms. The van der Waals surface area contributed by atoms with Crippen LogP contribution in [0.25, 0.3) is 0 Å². The summed E-state index contributed by atoms with van der Waals surface area (Å²) < 4.78 is 16.0. The lowest BCUT2D eigenvalue weighted by molar-refractivity contribution is -0.118. The fraction of sp³-hybridized carbons (Fsp3) is 0.235. The molecule has 0 atom stereocenters. The molecule has 5 nitrogen and oxygen atoms in total. The normalized spacial score (nSPS) is 12.1. The van der Waals surface area contributed by atoms with E-state index in [0.717, 1.165) is 16.8 Å². The zero-order valence-corrected chi connectivity index (χ0v) is 12.5. The molecule has 1 amide bonds. The van der Waals surface area contributed by atoms with Crippen molar-refractivity contribution in [1.82, 2.24) is 0 Å². The smallest absolute Gasteiger partial charge is 0.262 e. The van der Waals surface area contributed by atoms with Crippen molar-refractivity contribution >= 4 is 11.6 Å². The summed E-state index contributed by atoms with van der Waals surface area (Å²) in [4.78, 5) is 12.0. The van der Waals surface area contributed by atoms with Gasteiger partial charge in [-0.2, -0.15) is 0 Å². The number of carbonyl (C=O) groups excluding carboxylic acids is 1. The van der Waals surface area contributed by atoms with E-state index < -0.39 is 0 Å². The van der Waals surface area contributed by atoms with Gasteiger partial charge in [0, 0.05) is 11.8 Å². The van der Waals surface area contributed by atoms with Crippen LogP contribution in [-0.2, 0) is 4.79 Å². The Labute approximate surface area is 128 Å². The van der Waals surface area contributed by atoms with E-state index in [1.165, 1.54) is 0 Å². The van der Waals surface area contributed by atoms with Gasteiger partial charge in [-0.25, -0.2) is 0 Å². The molecule has 1 heterocycles. The van der Waals surface area contributed by atoms with E-state index in [1.54, 1.807) is 18.2 Å². The summed E-state index contributed by atoms with van der Waals surface area (Å²) in [6, 6.07) is 11.1. The summed E-state index contributed by atoms with van der Waals surface area (Å²) in [5, 5.41) is 2.88. The molecule has 0 aromatic heterocycles. The van der Waals surface area contributed by atoms with E-state index in [-0.39, 0.29) is 19.3 Å². The van der Waals surface area contributed by atoms with Gasteiger partial charge in [0.15, 0.2) is 18.1 Å². The molecule has 0 aliphatic carbocycles. The fourth-order valence-corrected chi connectivity index (χ4v) is 2.30. The average Bonchev–Trinajstić information content (AvgIpc) is 2.96. The number of anilines is 1. The molecule has 0 saturated carbocycles. The summed E-state index contributed by atoms with van der Waals surface area (Å²) in [7, 11) is 0. The van der Waals surface area contributed by atoms with Crippen LogP contribution in [0.1, 0.15) is 11.1 Å².